The Bertz CT molecular complexity index is 454. The van der Waals surface area contributed by atoms with Gasteiger partial charge >= 0.3 is 6.09 Å². The molecule has 0 unspecified atom stereocenters. The van der Waals surface area contributed by atoms with Crippen LogP contribution in [0, 0.1) is 0 Å². The van der Waals surface area contributed by atoms with E-state index in [1.54, 1.807) is 4.68 Å². The molecule has 1 amide bonds. The lowest BCUT2D eigenvalue weighted by Gasteiger charge is -2.21. The quantitative estimate of drug-likeness (QED) is 0.888. The summed E-state index contributed by atoms with van der Waals surface area (Å²) in [5.41, 5.74) is 0.334. The van der Waals surface area contributed by atoms with Gasteiger partial charge in [-0.15, -0.1) is 0 Å². The Morgan fingerprint density at radius 2 is 2.20 bits per heavy atom. The molecule has 0 radical (unpaired) electrons. The maximum Gasteiger partial charge on any atom is 0.407 e. The van der Waals surface area contributed by atoms with Crippen LogP contribution in [0.3, 0.4) is 0 Å². The molecule has 1 heterocycles. The lowest BCUT2D eigenvalue weighted by Crippen LogP contribution is -2.39. The third-order valence-corrected chi connectivity index (χ3v) is 2.89. The molecule has 1 aromatic rings. The number of aryl methyl sites for hydroxylation is 1. The number of hydrogen-bond acceptors (Lipinski definition) is 4. The van der Waals surface area contributed by atoms with Crippen molar-refractivity contribution in [1.82, 2.24) is 15.1 Å². The molecule has 0 spiro atoms. The number of nitrogens with one attached hydrogen (secondary N) is 1. The van der Waals surface area contributed by atoms with Gasteiger partial charge < -0.3 is 14.8 Å². The molecule has 7 heteroatoms. The summed E-state index contributed by atoms with van der Waals surface area (Å²) in [5, 5.41) is 6.97. The molecule has 1 rings (SSSR count). The van der Waals surface area contributed by atoms with E-state index >= 15 is 0 Å². The first-order chi connectivity index (χ1) is 9.17. The molecule has 0 bridgehead atoms. The highest BCUT2D eigenvalue weighted by Gasteiger charge is 2.17. The van der Waals surface area contributed by atoms with Crippen LogP contribution >= 0.6 is 15.9 Å². The number of halogens is 1. The van der Waals surface area contributed by atoms with E-state index in [-0.39, 0.29) is 6.04 Å². The second-order valence-electron chi connectivity index (χ2n) is 5.66. The average Bonchev–Trinajstić information content (AvgIpc) is 2.54. The predicted octanol–water partition coefficient (Wildman–Crippen LogP) is 2.61. The zero-order chi connectivity index (χ0) is 15.3. The number of nitrogens with zero attached hydrogens (tertiary/aromatic N) is 2. The van der Waals surface area contributed by atoms with Crippen molar-refractivity contribution in [2.45, 2.75) is 45.9 Å². The second kappa shape index (κ2) is 7.08. The minimum absolute atomic E-state index is 0.132. The van der Waals surface area contributed by atoms with Gasteiger partial charge in [-0.1, -0.05) is 0 Å². The van der Waals surface area contributed by atoms with Crippen molar-refractivity contribution in [3.8, 4) is 0 Å². The standard InChI is InChI=1S/C13H22BrN3O3/c1-9(15-12(18)20-13(2,3)4)7-19-8-11-10(14)6-17(5)16-11/h6,9H,7-8H2,1-5H3,(H,15,18)/t9-/m1/s1. The van der Waals surface area contributed by atoms with Gasteiger partial charge in [0.05, 0.1) is 23.7 Å². The van der Waals surface area contributed by atoms with Crippen molar-refractivity contribution >= 4 is 22.0 Å². The van der Waals surface area contributed by atoms with Crippen LogP contribution in [-0.2, 0) is 23.1 Å². The Hall–Kier alpha value is -1.08. The summed E-state index contributed by atoms with van der Waals surface area (Å²) in [4.78, 5) is 11.5. The number of alkyl carbamates (subject to hydrolysis) is 1. The van der Waals surface area contributed by atoms with Gasteiger partial charge in [0.25, 0.3) is 0 Å². The van der Waals surface area contributed by atoms with E-state index in [1.165, 1.54) is 0 Å². The van der Waals surface area contributed by atoms with Crippen LogP contribution in [0.25, 0.3) is 0 Å². The lowest BCUT2D eigenvalue weighted by atomic mass is 10.2. The first kappa shape index (κ1) is 17.0. The zero-order valence-electron chi connectivity index (χ0n) is 12.6. The van der Waals surface area contributed by atoms with Gasteiger partial charge in [-0.05, 0) is 43.6 Å². The minimum atomic E-state index is -0.497. The molecule has 0 aliphatic rings. The number of carbonyl (C=O) groups is 1. The van der Waals surface area contributed by atoms with Crippen molar-refractivity contribution in [2.75, 3.05) is 6.61 Å². The summed E-state index contributed by atoms with van der Waals surface area (Å²) in [5.74, 6) is 0. The predicted molar refractivity (Wildman–Crippen MR) is 79.4 cm³/mol. The number of hydrogen-bond donors (Lipinski definition) is 1. The molecule has 0 fully saturated rings. The van der Waals surface area contributed by atoms with E-state index < -0.39 is 11.7 Å². The molecule has 6 nitrogen and oxygen atoms in total. The molecule has 20 heavy (non-hydrogen) atoms. The van der Waals surface area contributed by atoms with Gasteiger partial charge in [-0.2, -0.15) is 5.10 Å². The van der Waals surface area contributed by atoms with Crippen molar-refractivity contribution in [3.05, 3.63) is 16.4 Å². The topological polar surface area (TPSA) is 65.4 Å². The normalized spacial score (nSPS) is 13.1. The van der Waals surface area contributed by atoms with Crippen LogP contribution in [0.15, 0.2) is 10.7 Å². The molecule has 1 aromatic heterocycles. The van der Waals surface area contributed by atoms with Gasteiger partial charge in [0.1, 0.15) is 11.3 Å². The molecular formula is C13H22BrN3O3. The third kappa shape index (κ3) is 6.38. The van der Waals surface area contributed by atoms with Crippen LogP contribution < -0.4 is 5.32 Å². The number of amides is 1. The fraction of sp³-hybridized carbons (Fsp3) is 0.692. The SMILES string of the molecule is C[C@H](COCc1nn(C)cc1Br)NC(=O)OC(C)(C)C. The van der Waals surface area contributed by atoms with Gasteiger partial charge in [-0.25, -0.2) is 4.79 Å². The van der Waals surface area contributed by atoms with Crippen LogP contribution in [0.4, 0.5) is 4.79 Å². The summed E-state index contributed by atoms with van der Waals surface area (Å²) < 4.78 is 13.3. The Morgan fingerprint density at radius 3 is 2.70 bits per heavy atom. The van der Waals surface area contributed by atoms with Gasteiger partial charge in [0.15, 0.2) is 0 Å². The minimum Gasteiger partial charge on any atom is -0.444 e. The van der Waals surface area contributed by atoms with Crippen LogP contribution in [0.5, 0.6) is 0 Å². The van der Waals surface area contributed by atoms with Crippen LogP contribution in [0.2, 0.25) is 0 Å². The van der Waals surface area contributed by atoms with E-state index in [1.807, 2.05) is 40.9 Å². The Morgan fingerprint density at radius 1 is 1.55 bits per heavy atom. The van der Waals surface area contributed by atoms with Crippen molar-refractivity contribution < 1.29 is 14.3 Å². The smallest absolute Gasteiger partial charge is 0.407 e. The molecule has 1 N–H and O–H groups in total. The number of carbonyl (C=O) groups excluding carboxylic acids is 1. The van der Waals surface area contributed by atoms with E-state index in [0.29, 0.717) is 13.2 Å². The van der Waals surface area contributed by atoms with E-state index in [9.17, 15) is 4.79 Å². The summed E-state index contributed by atoms with van der Waals surface area (Å²) >= 11 is 3.40. The summed E-state index contributed by atoms with van der Waals surface area (Å²) in [6, 6.07) is -0.132. The van der Waals surface area contributed by atoms with Gasteiger partial charge in [0.2, 0.25) is 0 Å². The zero-order valence-corrected chi connectivity index (χ0v) is 14.2. The Balaban J connectivity index is 2.28. The highest BCUT2D eigenvalue weighted by atomic mass is 79.9. The van der Waals surface area contributed by atoms with Crippen molar-refractivity contribution in [3.63, 3.8) is 0 Å². The first-order valence-electron chi connectivity index (χ1n) is 6.42. The van der Waals surface area contributed by atoms with E-state index in [0.717, 1.165) is 10.2 Å². The van der Waals surface area contributed by atoms with Crippen LogP contribution in [0.1, 0.15) is 33.4 Å². The highest BCUT2D eigenvalue weighted by Crippen LogP contribution is 2.15. The van der Waals surface area contributed by atoms with Gasteiger partial charge in [-0.3, -0.25) is 4.68 Å². The summed E-state index contributed by atoms with van der Waals surface area (Å²) in [6.45, 7) is 8.12. The monoisotopic (exact) mass is 347 g/mol. The maximum atomic E-state index is 11.5. The molecule has 0 aromatic carbocycles. The molecule has 114 valence electrons. The average molecular weight is 348 g/mol. The Labute approximate surface area is 127 Å². The molecular weight excluding hydrogens is 326 g/mol. The highest BCUT2D eigenvalue weighted by molar-refractivity contribution is 9.10. The molecule has 0 aliphatic carbocycles. The van der Waals surface area contributed by atoms with Crippen molar-refractivity contribution in [1.29, 1.82) is 0 Å². The third-order valence-electron chi connectivity index (χ3n) is 2.22. The number of rotatable bonds is 5. The van der Waals surface area contributed by atoms with E-state index in [4.69, 9.17) is 9.47 Å². The maximum absolute atomic E-state index is 11.5. The fourth-order valence-electron chi connectivity index (χ4n) is 1.49. The fourth-order valence-corrected chi connectivity index (χ4v) is 1.98. The molecule has 0 saturated heterocycles. The lowest BCUT2D eigenvalue weighted by molar-refractivity contribution is 0.0439. The summed E-state index contributed by atoms with van der Waals surface area (Å²) in [6.07, 6.45) is 1.42. The molecule has 0 saturated carbocycles. The van der Waals surface area contributed by atoms with Crippen LogP contribution in [-0.4, -0.2) is 34.1 Å². The first-order valence-corrected chi connectivity index (χ1v) is 7.22. The number of ether oxygens (including phenoxy) is 2. The summed E-state index contributed by atoms with van der Waals surface area (Å²) in [7, 11) is 1.85. The van der Waals surface area contributed by atoms with Gasteiger partial charge in [0, 0.05) is 13.2 Å². The molecule has 1 atom stereocenters. The molecule has 0 aliphatic heterocycles. The van der Waals surface area contributed by atoms with E-state index in [2.05, 4.69) is 26.3 Å². The largest absolute Gasteiger partial charge is 0.444 e. The van der Waals surface area contributed by atoms with Crippen molar-refractivity contribution in [2.24, 2.45) is 7.05 Å². The second-order valence-corrected chi connectivity index (χ2v) is 6.51. The Kier molecular flexibility index (Phi) is 6.01. The number of aromatic nitrogens is 2.